The van der Waals surface area contributed by atoms with Crippen LogP contribution in [0.5, 0.6) is 5.75 Å². The van der Waals surface area contributed by atoms with Crippen LogP contribution < -0.4 is 10.1 Å². The number of benzene rings is 2. The van der Waals surface area contributed by atoms with E-state index in [0.29, 0.717) is 12.3 Å². The number of carbonyl (C=O) groups excluding carboxylic acids is 2. The van der Waals surface area contributed by atoms with Crippen LogP contribution in [0, 0.1) is 27.7 Å². The van der Waals surface area contributed by atoms with Gasteiger partial charge in [-0.15, -0.1) is 0 Å². The number of aryl methyl sites for hydroxylation is 3. The number of nitrogens with zero attached hydrogens (tertiary/aromatic N) is 1. The van der Waals surface area contributed by atoms with E-state index in [4.69, 9.17) is 4.74 Å². The van der Waals surface area contributed by atoms with Gasteiger partial charge in [0.25, 0.3) is 5.91 Å². The molecule has 0 spiro atoms. The minimum atomic E-state index is -0.576. The highest BCUT2D eigenvalue weighted by atomic mass is 16.5. The van der Waals surface area contributed by atoms with E-state index in [9.17, 15) is 9.59 Å². The fraction of sp³-hybridized carbons (Fsp3) is 0.481. The van der Waals surface area contributed by atoms with Gasteiger partial charge in [0.15, 0.2) is 6.61 Å². The molecule has 0 bridgehead atoms. The molecule has 0 aliphatic heterocycles. The van der Waals surface area contributed by atoms with E-state index in [1.54, 1.807) is 11.8 Å². The molecule has 0 saturated heterocycles. The molecule has 1 atom stereocenters. The summed E-state index contributed by atoms with van der Waals surface area (Å²) in [4.78, 5) is 27.9. The fourth-order valence-electron chi connectivity index (χ4n) is 4.24. The van der Waals surface area contributed by atoms with Gasteiger partial charge >= 0.3 is 0 Å². The Morgan fingerprint density at radius 3 is 2.34 bits per heavy atom. The molecular formula is C27H36N2O3. The molecule has 1 aliphatic rings. The van der Waals surface area contributed by atoms with Crippen molar-refractivity contribution in [2.45, 2.75) is 78.9 Å². The lowest BCUT2D eigenvalue weighted by Gasteiger charge is -2.30. The number of ether oxygens (including phenoxy) is 1. The Kier molecular flexibility index (Phi) is 7.94. The zero-order chi connectivity index (χ0) is 23.3. The van der Waals surface area contributed by atoms with Crippen molar-refractivity contribution in [2.75, 3.05) is 6.61 Å². The van der Waals surface area contributed by atoms with E-state index >= 15 is 0 Å². The second-order valence-corrected chi connectivity index (χ2v) is 9.17. The summed E-state index contributed by atoms with van der Waals surface area (Å²) in [5.74, 6) is 0.423. The first-order chi connectivity index (χ1) is 15.2. The number of hydrogen-bond acceptors (Lipinski definition) is 3. The van der Waals surface area contributed by atoms with Crippen LogP contribution in [0.25, 0.3) is 0 Å². The number of rotatable bonds is 8. The zero-order valence-corrected chi connectivity index (χ0v) is 20.0. The van der Waals surface area contributed by atoms with Gasteiger partial charge in [-0.25, -0.2) is 0 Å². The molecule has 2 aromatic carbocycles. The van der Waals surface area contributed by atoms with Crippen molar-refractivity contribution in [3.8, 4) is 5.75 Å². The largest absolute Gasteiger partial charge is 0.483 e. The average molecular weight is 437 g/mol. The number of amides is 2. The highest BCUT2D eigenvalue weighted by molar-refractivity contribution is 5.88. The van der Waals surface area contributed by atoms with Crippen LogP contribution >= 0.6 is 0 Å². The third kappa shape index (κ3) is 6.12. The summed E-state index contributed by atoms with van der Waals surface area (Å²) in [6, 6.07) is 11.8. The molecule has 32 heavy (non-hydrogen) atoms. The van der Waals surface area contributed by atoms with E-state index in [2.05, 4.69) is 11.4 Å². The van der Waals surface area contributed by atoms with Crippen molar-refractivity contribution < 1.29 is 14.3 Å². The topological polar surface area (TPSA) is 58.6 Å². The highest BCUT2D eigenvalue weighted by Crippen LogP contribution is 2.24. The monoisotopic (exact) mass is 436 g/mol. The van der Waals surface area contributed by atoms with Crippen molar-refractivity contribution in [3.05, 3.63) is 64.2 Å². The van der Waals surface area contributed by atoms with Crippen LogP contribution in [0.3, 0.4) is 0 Å². The van der Waals surface area contributed by atoms with Gasteiger partial charge in [-0.05, 0) is 75.8 Å². The third-order valence-corrected chi connectivity index (χ3v) is 6.46. The number of hydrogen-bond donors (Lipinski definition) is 1. The maximum absolute atomic E-state index is 13.3. The van der Waals surface area contributed by atoms with Gasteiger partial charge in [0.2, 0.25) is 5.91 Å². The molecule has 2 aromatic rings. The van der Waals surface area contributed by atoms with E-state index in [1.165, 1.54) is 0 Å². The average Bonchev–Trinajstić information content (AvgIpc) is 3.27. The van der Waals surface area contributed by atoms with Gasteiger partial charge < -0.3 is 15.0 Å². The lowest BCUT2D eigenvalue weighted by molar-refractivity contribution is -0.142. The van der Waals surface area contributed by atoms with E-state index < -0.39 is 6.04 Å². The predicted molar refractivity (Wildman–Crippen MR) is 128 cm³/mol. The summed E-state index contributed by atoms with van der Waals surface area (Å²) >= 11 is 0. The maximum atomic E-state index is 13.3. The van der Waals surface area contributed by atoms with Gasteiger partial charge in [-0.3, -0.25) is 9.59 Å². The second-order valence-electron chi connectivity index (χ2n) is 9.17. The molecule has 5 heteroatoms. The maximum Gasteiger partial charge on any atom is 0.261 e. The lowest BCUT2D eigenvalue weighted by atomic mass is 10.1. The number of carbonyl (C=O) groups is 2. The summed E-state index contributed by atoms with van der Waals surface area (Å²) in [5.41, 5.74) is 5.41. The van der Waals surface area contributed by atoms with E-state index in [0.717, 1.165) is 53.5 Å². The van der Waals surface area contributed by atoms with Crippen molar-refractivity contribution in [1.82, 2.24) is 10.2 Å². The molecule has 2 amide bonds. The quantitative estimate of drug-likeness (QED) is 0.648. The van der Waals surface area contributed by atoms with Crippen LogP contribution in [0.1, 0.15) is 60.4 Å². The van der Waals surface area contributed by atoms with Gasteiger partial charge in [-0.2, -0.15) is 0 Å². The Morgan fingerprint density at radius 1 is 1.03 bits per heavy atom. The van der Waals surface area contributed by atoms with Gasteiger partial charge in [0.1, 0.15) is 11.8 Å². The Hall–Kier alpha value is -2.82. The zero-order valence-electron chi connectivity index (χ0n) is 20.0. The standard InChI is InChI=1S/C27H36N2O3/c1-18-10-12-23(13-11-18)16-29(22(5)27(31)28-24-8-6-7-9-24)26(30)17-32-25-15-19(2)14-20(3)21(25)4/h10-15,22,24H,6-9,16-17H2,1-5H3,(H,28,31)/t22-/m0/s1. The Labute approximate surface area is 192 Å². The van der Waals surface area contributed by atoms with Crippen LogP contribution in [0.15, 0.2) is 36.4 Å². The van der Waals surface area contributed by atoms with Gasteiger partial charge in [0, 0.05) is 12.6 Å². The van der Waals surface area contributed by atoms with Crippen molar-refractivity contribution in [3.63, 3.8) is 0 Å². The molecule has 172 valence electrons. The minimum absolute atomic E-state index is 0.0973. The molecule has 1 saturated carbocycles. The molecule has 0 radical (unpaired) electrons. The molecular weight excluding hydrogens is 400 g/mol. The van der Waals surface area contributed by atoms with Crippen LogP contribution in [0.4, 0.5) is 0 Å². The van der Waals surface area contributed by atoms with Crippen molar-refractivity contribution in [2.24, 2.45) is 0 Å². The Bertz CT molecular complexity index is 946. The van der Waals surface area contributed by atoms with E-state index in [1.807, 2.05) is 58.0 Å². The molecule has 1 aliphatic carbocycles. The number of nitrogens with one attached hydrogen (secondary N) is 1. The fourth-order valence-corrected chi connectivity index (χ4v) is 4.24. The van der Waals surface area contributed by atoms with Crippen molar-refractivity contribution in [1.29, 1.82) is 0 Å². The first kappa shape index (κ1) is 23.8. The van der Waals surface area contributed by atoms with Gasteiger partial charge in [0.05, 0.1) is 0 Å². The molecule has 0 heterocycles. The SMILES string of the molecule is Cc1ccc(CN(C(=O)COc2cc(C)cc(C)c2C)[C@@H](C)C(=O)NC2CCCC2)cc1. The summed E-state index contributed by atoms with van der Waals surface area (Å²) in [7, 11) is 0. The van der Waals surface area contributed by atoms with Gasteiger partial charge in [-0.1, -0.05) is 48.7 Å². The highest BCUT2D eigenvalue weighted by Gasteiger charge is 2.28. The molecule has 0 unspecified atom stereocenters. The summed E-state index contributed by atoms with van der Waals surface area (Å²) in [6.07, 6.45) is 4.32. The third-order valence-electron chi connectivity index (χ3n) is 6.46. The van der Waals surface area contributed by atoms with Crippen LogP contribution in [-0.2, 0) is 16.1 Å². The molecule has 3 rings (SSSR count). The first-order valence-electron chi connectivity index (χ1n) is 11.6. The van der Waals surface area contributed by atoms with Crippen LogP contribution in [0.2, 0.25) is 0 Å². The molecule has 5 nitrogen and oxygen atoms in total. The van der Waals surface area contributed by atoms with Crippen LogP contribution in [-0.4, -0.2) is 35.4 Å². The summed E-state index contributed by atoms with van der Waals surface area (Å²) in [6.45, 7) is 10.2. The molecule has 1 fully saturated rings. The first-order valence-corrected chi connectivity index (χ1v) is 11.6. The van der Waals surface area contributed by atoms with Crippen molar-refractivity contribution >= 4 is 11.8 Å². The normalized spacial score (nSPS) is 14.8. The Morgan fingerprint density at radius 2 is 1.69 bits per heavy atom. The predicted octanol–water partition coefficient (Wildman–Crippen LogP) is 4.78. The summed E-state index contributed by atoms with van der Waals surface area (Å²) < 4.78 is 5.94. The van der Waals surface area contributed by atoms with E-state index in [-0.39, 0.29) is 24.5 Å². The second kappa shape index (κ2) is 10.7. The molecule has 1 N–H and O–H groups in total. The summed E-state index contributed by atoms with van der Waals surface area (Å²) in [5, 5.41) is 3.13. The molecule has 0 aromatic heterocycles. The Balaban J connectivity index is 1.74. The lowest BCUT2D eigenvalue weighted by Crippen LogP contribution is -2.50. The smallest absolute Gasteiger partial charge is 0.261 e. The minimum Gasteiger partial charge on any atom is -0.483 e.